The maximum absolute atomic E-state index is 12.5. The van der Waals surface area contributed by atoms with Crippen LogP contribution in [0.15, 0.2) is 30.9 Å². The lowest BCUT2D eigenvalue weighted by atomic mass is 10.0. The second kappa shape index (κ2) is 8.01. The van der Waals surface area contributed by atoms with E-state index in [1.54, 1.807) is 6.07 Å². The van der Waals surface area contributed by atoms with Crippen LogP contribution in [-0.4, -0.2) is 55.8 Å². The number of methoxy groups -OCH3 is 3. The Balaban J connectivity index is 2.38. The summed E-state index contributed by atoms with van der Waals surface area (Å²) in [7, 11) is 3.88. The number of rotatable bonds is 6. The molecule has 0 aliphatic heterocycles. The first-order chi connectivity index (χ1) is 13.9. The van der Waals surface area contributed by atoms with Crippen molar-refractivity contribution in [3.63, 3.8) is 0 Å². The molecular formula is C20H18N2O7. The zero-order chi connectivity index (χ0) is 21.1. The van der Waals surface area contributed by atoms with Crippen molar-refractivity contribution < 1.29 is 33.3 Å². The number of hydrogen-bond donors (Lipinski definition) is 1. The van der Waals surface area contributed by atoms with Gasteiger partial charge in [-0.05, 0) is 18.2 Å². The minimum Gasteiger partial charge on any atom is -0.495 e. The van der Waals surface area contributed by atoms with Gasteiger partial charge < -0.3 is 23.9 Å². The number of carbonyl (C=O) groups excluding carboxylic acids is 3. The lowest BCUT2D eigenvalue weighted by molar-refractivity contribution is 0.0541. The van der Waals surface area contributed by atoms with Gasteiger partial charge in [-0.3, -0.25) is 0 Å². The predicted molar refractivity (Wildman–Crippen MR) is 103 cm³/mol. The monoisotopic (exact) mass is 398 g/mol. The first-order valence-corrected chi connectivity index (χ1v) is 8.44. The van der Waals surface area contributed by atoms with Gasteiger partial charge in [0.1, 0.15) is 23.7 Å². The van der Waals surface area contributed by atoms with Crippen molar-refractivity contribution >= 4 is 39.7 Å². The summed E-state index contributed by atoms with van der Waals surface area (Å²) in [6.07, 6.45) is 1.44. The second-order valence-electron chi connectivity index (χ2n) is 5.88. The van der Waals surface area contributed by atoms with Crippen LogP contribution in [0.3, 0.4) is 0 Å². The molecule has 0 aliphatic carbocycles. The third-order valence-electron chi connectivity index (χ3n) is 4.21. The molecule has 0 saturated carbocycles. The van der Waals surface area contributed by atoms with Crippen LogP contribution >= 0.6 is 0 Å². The number of H-pyrrole nitrogens is 1. The average Bonchev–Trinajstić information content (AvgIpc) is 3.18. The Labute approximate surface area is 165 Å². The lowest BCUT2D eigenvalue weighted by Gasteiger charge is -2.12. The van der Waals surface area contributed by atoms with Gasteiger partial charge in [0.25, 0.3) is 0 Å². The Morgan fingerprint density at radius 2 is 1.79 bits per heavy atom. The smallest absolute Gasteiger partial charge is 0.357 e. The maximum Gasteiger partial charge on any atom is 0.357 e. The number of fused-ring (bicyclic) bond motifs is 3. The van der Waals surface area contributed by atoms with Crippen LogP contribution in [0.1, 0.15) is 31.3 Å². The SMILES string of the molecule is C=CCOC(=O)c1cc2cc(OC)c3[nH]c(C(=O)OC)cc(C(=O)OC)c3c2n1. The van der Waals surface area contributed by atoms with E-state index in [1.807, 2.05) is 0 Å². The minimum atomic E-state index is -0.692. The molecule has 0 aliphatic rings. The van der Waals surface area contributed by atoms with Gasteiger partial charge in [0.2, 0.25) is 0 Å². The highest BCUT2D eigenvalue weighted by Gasteiger charge is 2.23. The average molecular weight is 398 g/mol. The van der Waals surface area contributed by atoms with E-state index >= 15 is 0 Å². The Morgan fingerprint density at radius 3 is 2.41 bits per heavy atom. The summed E-state index contributed by atoms with van der Waals surface area (Å²) < 4.78 is 20.0. The number of nitrogens with one attached hydrogen (secondary N) is 1. The molecule has 3 aromatic rings. The molecule has 0 saturated heterocycles. The van der Waals surface area contributed by atoms with Crippen LogP contribution < -0.4 is 4.74 Å². The summed E-state index contributed by atoms with van der Waals surface area (Å²) in [6, 6.07) is 4.47. The lowest BCUT2D eigenvalue weighted by Crippen LogP contribution is -2.10. The topological polar surface area (TPSA) is 117 Å². The first-order valence-electron chi connectivity index (χ1n) is 8.44. The zero-order valence-corrected chi connectivity index (χ0v) is 16.0. The standard InChI is InChI=1S/C20H18N2O7/c1-5-6-29-20(25)12-7-10-8-14(26-2)17-15(16(10)21-12)11(18(23)27-3)9-13(22-17)19(24)28-4/h5,7-9,22H,1,6H2,2-4H3. The first kappa shape index (κ1) is 19.9. The largest absolute Gasteiger partial charge is 0.495 e. The molecule has 2 heterocycles. The number of carbonyl (C=O) groups is 3. The molecule has 9 nitrogen and oxygen atoms in total. The number of ether oxygens (including phenoxy) is 4. The zero-order valence-electron chi connectivity index (χ0n) is 16.0. The minimum absolute atomic E-state index is 0.0234. The molecule has 0 unspecified atom stereocenters. The third kappa shape index (κ3) is 3.49. The number of aromatic nitrogens is 2. The fourth-order valence-corrected chi connectivity index (χ4v) is 2.94. The summed E-state index contributed by atoms with van der Waals surface area (Å²) in [5.41, 5.74) is 0.820. The molecule has 29 heavy (non-hydrogen) atoms. The number of benzene rings is 1. The van der Waals surface area contributed by atoms with Crippen LogP contribution in [0.4, 0.5) is 0 Å². The van der Waals surface area contributed by atoms with Crippen LogP contribution in [0.25, 0.3) is 21.8 Å². The number of aromatic amines is 1. The molecule has 1 N–H and O–H groups in total. The van der Waals surface area contributed by atoms with E-state index in [1.165, 1.54) is 39.5 Å². The highest BCUT2D eigenvalue weighted by molar-refractivity contribution is 6.18. The fraction of sp³-hybridized carbons (Fsp3) is 0.200. The molecule has 0 atom stereocenters. The van der Waals surface area contributed by atoms with Gasteiger partial charge >= 0.3 is 17.9 Å². The van der Waals surface area contributed by atoms with E-state index < -0.39 is 17.9 Å². The van der Waals surface area contributed by atoms with Crippen LogP contribution in [0.5, 0.6) is 5.75 Å². The molecule has 2 aromatic heterocycles. The van der Waals surface area contributed by atoms with Gasteiger partial charge in [-0.15, -0.1) is 0 Å². The predicted octanol–water partition coefficient (Wildman–Crippen LogP) is 2.64. The molecule has 0 spiro atoms. The number of esters is 3. The van der Waals surface area contributed by atoms with E-state index in [0.717, 1.165) is 0 Å². The van der Waals surface area contributed by atoms with Crippen LogP contribution in [-0.2, 0) is 14.2 Å². The number of nitrogens with zero attached hydrogens (tertiary/aromatic N) is 1. The van der Waals surface area contributed by atoms with Crippen molar-refractivity contribution in [2.24, 2.45) is 0 Å². The van der Waals surface area contributed by atoms with Crippen LogP contribution in [0, 0.1) is 0 Å². The molecule has 0 fully saturated rings. The van der Waals surface area contributed by atoms with E-state index in [2.05, 4.69) is 16.5 Å². The van der Waals surface area contributed by atoms with Crippen molar-refractivity contribution in [2.45, 2.75) is 0 Å². The van der Waals surface area contributed by atoms with Crippen molar-refractivity contribution in [1.82, 2.24) is 9.97 Å². The van der Waals surface area contributed by atoms with Gasteiger partial charge in [0.05, 0.1) is 37.9 Å². The van der Waals surface area contributed by atoms with Crippen molar-refractivity contribution in [1.29, 1.82) is 0 Å². The molecule has 1 aromatic carbocycles. The summed E-state index contributed by atoms with van der Waals surface area (Å²) in [5.74, 6) is -1.67. The Kier molecular flexibility index (Phi) is 5.49. The highest BCUT2D eigenvalue weighted by Crippen LogP contribution is 2.35. The van der Waals surface area contributed by atoms with Crippen LogP contribution in [0.2, 0.25) is 0 Å². The highest BCUT2D eigenvalue weighted by atomic mass is 16.5. The van der Waals surface area contributed by atoms with Gasteiger partial charge in [0, 0.05) is 10.8 Å². The summed E-state index contributed by atoms with van der Waals surface area (Å²) >= 11 is 0. The van der Waals surface area contributed by atoms with E-state index in [0.29, 0.717) is 27.6 Å². The van der Waals surface area contributed by atoms with E-state index in [9.17, 15) is 14.4 Å². The van der Waals surface area contributed by atoms with Gasteiger partial charge in [-0.1, -0.05) is 12.7 Å². The fourth-order valence-electron chi connectivity index (χ4n) is 2.94. The maximum atomic E-state index is 12.5. The van der Waals surface area contributed by atoms with E-state index in [4.69, 9.17) is 18.9 Å². The molecule has 150 valence electrons. The van der Waals surface area contributed by atoms with Crippen molar-refractivity contribution in [3.8, 4) is 5.75 Å². The molecular weight excluding hydrogens is 380 g/mol. The van der Waals surface area contributed by atoms with Gasteiger partial charge in [-0.2, -0.15) is 0 Å². The van der Waals surface area contributed by atoms with Crippen molar-refractivity contribution in [2.75, 3.05) is 27.9 Å². The van der Waals surface area contributed by atoms with Crippen molar-refractivity contribution in [3.05, 3.63) is 47.8 Å². The quantitative estimate of drug-likeness (QED) is 0.383. The number of pyridine rings is 1. The molecule has 0 bridgehead atoms. The second-order valence-corrected chi connectivity index (χ2v) is 5.88. The Hall–Kier alpha value is -3.88. The molecule has 9 heteroatoms. The van der Waals surface area contributed by atoms with Gasteiger partial charge in [0.15, 0.2) is 0 Å². The summed E-state index contributed by atoms with van der Waals surface area (Å²) in [5, 5.41) is 0.880. The Bertz CT molecular complexity index is 1150. The Morgan fingerprint density at radius 1 is 1.07 bits per heavy atom. The third-order valence-corrected chi connectivity index (χ3v) is 4.21. The summed E-state index contributed by atoms with van der Waals surface area (Å²) in [4.78, 5) is 43.9. The van der Waals surface area contributed by atoms with E-state index in [-0.39, 0.29) is 23.6 Å². The normalized spacial score (nSPS) is 10.6. The summed E-state index contributed by atoms with van der Waals surface area (Å²) in [6.45, 7) is 3.53. The molecule has 0 radical (unpaired) electrons. The van der Waals surface area contributed by atoms with Gasteiger partial charge in [-0.25, -0.2) is 19.4 Å². The molecule has 3 rings (SSSR count). The number of hydrogen-bond acceptors (Lipinski definition) is 8. The molecule has 0 amide bonds.